The molecule has 0 spiro atoms. The SMILES string of the molecule is Cc1ccc(NC(=O)COC2CCCNC2C)cc1. The molecule has 0 saturated carbocycles. The third kappa shape index (κ3) is 4.33. The van der Waals surface area contributed by atoms with E-state index in [0.29, 0.717) is 6.04 Å². The zero-order valence-electron chi connectivity index (χ0n) is 11.6. The molecule has 4 nitrogen and oxygen atoms in total. The monoisotopic (exact) mass is 262 g/mol. The molecule has 1 heterocycles. The van der Waals surface area contributed by atoms with Gasteiger partial charge in [0.15, 0.2) is 0 Å². The van der Waals surface area contributed by atoms with Crippen LogP contribution in [0.3, 0.4) is 0 Å². The first-order valence-electron chi connectivity index (χ1n) is 6.86. The lowest BCUT2D eigenvalue weighted by Gasteiger charge is -2.29. The summed E-state index contributed by atoms with van der Waals surface area (Å²) in [5, 5.41) is 6.19. The van der Waals surface area contributed by atoms with Gasteiger partial charge in [-0.25, -0.2) is 0 Å². The van der Waals surface area contributed by atoms with Crippen LogP contribution in [0.2, 0.25) is 0 Å². The number of carbonyl (C=O) groups is 1. The zero-order valence-corrected chi connectivity index (χ0v) is 11.6. The van der Waals surface area contributed by atoms with Gasteiger partial charge in [-0.3, -0.25) is 4.79 Å². The molecule has 0 radical (unpaired) electrons. The Kier molecular flexibility index (Phi) is 4.93. The van der Waals surface area contributed by atoms with E-state index >= 15 is 0 Å². The van der Waals surface area contributed by atoms with Gasteiger partial charge < -0.3 is 15.4 Å². The maximum atomic E-state index is 11.8. The van der Waals surface area contributed by atoms with E-state index in [-0.39, 0.29) is 18.6 Å². The Morgan fingerprint density at radius 1 is 1.42 bits per heavy atom. The predicted octanol–water partition coefficient (Wildman–Crippen LogP) is 2.09. The molecule has 1 aliphatic rings. The van der Waals surface area contributed by atoms with Crippen molar-refractivity contribution in [2.45, 2.75) is 38.8 Å². The predicted molar refractivity (Wildman–Crippen MR) is 76.2 cm³/mol. The second-order valence-electron chi connectivity index (χ2n) is 5.15. The third-order valence-electron chi connectivity index (χ3n) is 3.45. The largest absolute Gasteiger partial charge is 0.367 e. The van der Waals surface area contributed by atoms with Gasteiger partial charge in [0.25, 0.3) is 0 Å². The lowest BCUT2D eigenvalue weighted by atomic mass is 10.0. The summed E-state index contributed by atoms with van der Waals surface area (Å²) in [4.78, 5) is 11.8. The average Bonchev–Trinajstić information content (AvgIpc) is 2.40. The van der Waals surface area contributed by atoms with Crippen molar-refractivity contribution in [2.24, 2.45) is 0 Å². The van der Waals surface area contributed by atoms with Crippen molar-refractivity contribution in [1.29, 1.82) is 0 Å². The fourth-order valence-electron chi connectivity index (χ4n) is 2.26. The molecule has 19 heavy (non-hydrogen) atoms. The number of amides is 1. The van der Waals surface area contributed by atoms with Crippen molar-refractivity contribution in [3.8, 4) is 0 Å². The molecule has 2 unspecified atom stereocenters. The summed E-state index contributed by atoms with van der Waals surface area (Å²) in [5.41, 5.74) is 1.99. The number of benzene rings is 1. The van der Waals surface area contributed by atoms with Crippen molar-refractivity contribution in [1.82, 2.24) is 5.32 Å². The van der Waals surface area contributed by atoms with Gasteiger partial charge in [0.2, 0.25) is 5.91 Å². The summed E-state index contributed by atoms with van der Waals surface area (Å²) >= 11 is 0. The number of hydrogen-bond acceptors (Lipinski definition) is 3. The Morgan fingerprint density at radius 3 is 2.84 bits per heavy atom. The molecule has 1 amide bonds. The fourth-order valence-corrected chi connectivity index (χ4v) is 2.26. The molecule has 2 N–H and O–H groups in total. The summed E-state index contributed by atoms with van der Waals surface area (Å²) in [6.07, 6.45) is 2.26. The molecule has 2 atom stereocenters. The normalized spacial score (nSPS) is 23.1. The lowest BCUT2D eigenvalue weighted by Crippen LogP contribution is -2.44. The Morgan fingerprint density at radius 2 is 2.16 bits per heavy atom. The van der Waals surface area contributed by atoms with Crippen LogP contribution in [0.4, 0.5) is 5.69 Å². The summed E-state index contributed by atoms with van der Waals surface area (Å²) in [6, 6.07) is 8.07. The number of nitrogens with one attached hydrogen (secondary N) is 2. The maximum absolute atomic E-state index is 11.8. The molecule has 2 rings (SSSR count). The van der Waals surface area contributed by atoms with Crippen molar-refractivity contribution in [3.63, 3.8) is 0 Å². The molecule has 104 valence electrons. The smallest absolute Gasteiger partial charge is 0.250 e. The number of hydrogen-bond donors (Lipinski definition) is 2. The van der Waals surface area contributed by atoms with E-state index in [4.69, 9.17) is 4.74 Å². The highest BCUT2D eigenvalue weighted by molar-refractivity contribution is 5.91. The van der Waals surface area contributed by atoms with Crippen LogP contribution in [0.25, 0.3) is 0 Å². The number of ether oxygens (including phenoxy) is 1. The molecule has 0 aliphatic carbocycles. The number of piperidine rings is 1. The molecule has 1 aromatic rings. The Labute approximate surface area is 114 Å². The fraction of sp³-hybridized carbons (Fsp3) is 0.533. The number of aryl methyl sites for hydroxylation is 1. The number of anilines is 1. The van der Waals surface area contributed by atoms with E-state index in [2.05, 4.69) is 17.6 Å². The minimum atomic E-state index is -0.0957. The van der Waals surface area contributed by atoms with E-state index in [9.17, 15) is 4.79 Å². The third-order valence-corrected chi connectivity index (χ3v) is 3.45. The van der Waals surface area contributed by atoms with Crippen molar-refractivity contribution in [2.75, 3.05) is 18.5 Å². The maximum Gasteiger partial charge on any atom is 0.250 e. The van der Waals surface area contributed by atoms with Crippen LogP contribution in [-0.2, 0) is 9.53 Å². The summed E-state index contributed by atoms with van der Waals surface area (Å²) in [6.45, 7) is 5.27. The van der Waals surface area contributed by atoms with Gasteiger partial charge in [-0.05, 0) is 45.4 Å². The quantitative estimate of drug-likeness (QED) is 0.873. The second-order valence-corrected chi connectivity index (χ2v) is 5.15. The number of carbonyl (C=O) groups excluding carboxylic acids is 1. The van der Waals surface area contributed by atoms with Gasteiger partial charge >= 0.3 is 0 Å². The van der Waals surface area contributed by atoms with Crippen LogP contribution in [-0.4, -0.2) is 31.2 Å². The molecule has 0 aromatic heterocycles. The number of rotatable bonds is 4. The van der Waals surface area contributed by atoms with Crippen molar-refractivity contribution >= 4 is 11.6 Å². The van der Waals surface area contributed by atoms with Crippen molar-refractivity contribution in [3.05, 3.63) is 29.8 Å². The van der Waals surface area contributed by atoms with Crippen LogP contribution >= 0.6 is 0 Å². The van der Waals surface area contributed by atoms with Crippen LogP contribution < -0.4 is 10.6 Å². The first-order chi connectivity index (χ1) is 9.15. The molecular weight excluding hydrogens is 240 g/mol. The van der Waals surface area contributed by atoms with Crippen LogP contribution in [0, 0.1) is 6.92 Å². The van der Waals surface area contributed by atoms with E-state index in [1.807, 2.05) is 31.2 Å². The van der Waals surface area contributed by atoms with E-state index < -0.39 is 0 Å². The minimum Gasteiger partial charge on any atom is -0.367 e. The standard InChI is InChI=1S/C15H22N2O2/c1-11-5-7-13(8-6-11)17-15(18)10-19-14-4-3-9-16-12(14)2/h5-8,12,14,16H,3-4,9-10H2,1-2H3,(H,17,18). The van der Waals surface area contributed by atoms with Gasteiger partial charge in [0.1, 0.15) is 6.61 Å². The molecular formula is C15H22N2O2. The molecule has 1 aromatic carbocycles. The highest BCUT2D eigenvalue weighted by Gasteiger charge is 2.21. The molecule has 1 fully saturated rings. The van der Waals surface area contributed by atoms with Crippen LogP contribution in [0.5, 0.6) is 0 Å². The van der Waals surface area contributed by atoms with E-state index in [1.54, 1.807) is 0 Å². The van der Waals surface area contributed by atoms with Crippen LogP contribution in [0.1, 0.15) is 25.3 Å². The van der Waals surface area contributed by atoms with Gasteiger partial charge in [0, 0.05) is 11.7 Å². The molecule has 1 aliphatic heterocycles. The van der Waals surface area contributed by atoms with Crippen molar-refractivity contribution < 1.29 is 9.53 Å². The highest BCUT2D eigenvalue weighted by atomic mass is 16.5. The molecule has 4 heteroatoms. The Balaban J connectivity index is 1.76. The Bertz CT molecular complexity index is 417. The Hall–Kier alpha value is -1.39. The van der Waals surface area contributed by atoms with E-state index in [0.717, 1.165) is 25.1 Å². The topological polar surface area (TPSA) is 50.4 Å². The van der Waals surface area contributed by atoms with Gasteiger partial charge in [-0.15, -0.1) is 0 Å². The molecule has 1 saturated heterocycles. The van der Waals surface area contributed by atoms with Gasteiger partial charge in [-0.1, -0.05) is 17.7 Å². The van der Waals surface area contributed by atoms with Gasteiger partial charge in [-0.2, -0.15) is 0 Å². The molecule has 0 bridgehead atoms. The first-order valence-corrected chi connectivity index (χ1v) is 6.86. The second kappa shape index (κ2) is 6.68. The van der Waals surface area contributed by atoms with Gasteiger partial charge in [0.05, 0.1) is 6.10 Å². The van der Waals surface area contributed by atoms with Crippen LogP contribution in [0.15, 0.2) is 24.3 Å². The first kappa shape index (κ1) is 14.0. The summed E-state index contributed by atoms with van der Waals surface area (Å²) in [7, 11) is 0. The zero-order chi connectivity index (χ0) is 13.7. The highest BCUT2D eigenvalue weighted by Crippen LogP contribution is 2.13. The minimum absolute atomic E-state index is 0.0957. The average molecular weight is 262 g/mol. The van der Waals surface area contributed by atoms with E-state index in [1.165, 1.54) is 5.56 Å². The summed E-state index contributed by atoms with van der Waals surface area (Å²) < 4.78 is 5.68. The lowest BCUT2D eigenvalue weighted by molar-refractivity contribution is -0.123. The summed E-state index contributed by atoms with van der Waals surface area (Å²) in [5.74, 6) is -0.0957.